The fourth-order valence-corrected chi connectivity index (χ4v) is 3.76. The Morgan fingerprint density at radius 3 is 2.88 bits per heavy atom. The highest BCUT2D eigenvalue weighted by Crippen LogP contribution is 2.22. The summed E-state index contributed by atoms with van der Waals surface area (Å²) in [6.45, 7) is 3.70. The number of carbonyl (C=O) groups is 1. The van der Waals surface area contributed by atoms with Crippen LogP contribution in [-0.2, 0) is 22.5 Å². The van der Waals surface area contributed by atoms with E-state index in [2.05, 4.69) is 27.0 Å². The van der Waals surface area contributed by atoms with Crippen LogP contribution in [0.4, 0.5) is 5.69 Å². The molecule has 8 heteroatoms. The number of carbonyl (C=O) groups excluding carboxylic acids is 1. The Kier molecular flexibility index (Phi) is 6.93. The molecule has 2 aromatic rings. The first kappa shape index (κ1) is 19.2. The van der Waals surface area contributed by atoms with Gasteiger partial charge in [0.05, 0.1) is 18.4 Å². The van der Waals surface area contributed by atoms with Gasteiger partial charge in [0.25, 0.3) is 0 Å². The molecular formula is C18H23ClN4O2S. The summed E-state index contributed by atoms with van der Waals surface area (Å²) in [5.74, 6) is 1.16. The predicted octanol–water partition coefficient (Wildman–Crippen LogP) is 3.79. The number of amides is 1. The number of hydrogen-bond acceptors (Lipinski definition) is 5. The van der Waals surface area contributed by atoms with E-state index in [0.717, 1.165) is 55.5 Å². The van der Waals surface area contributed by atoms with Crippen molar-refractivity contribution in [3.63, 3.8) is 0 Å². The molecule has 0 radical (unpaired) electrons. The van der Waals surface area contributed by atoms with Crippen LogP contribution in [0, 0.1) is 0 Å². The second kappa shape index (κ2) is 9.39. The molecule has 26 heavy (non-hydrogen) atoms. The van der Waals surface area contributed by atoms with E-state index in [9.17, 15) is 4.79 Å². The molecule has 0 bridgehead atoms. The van der Waals surface area contributed by atoms with E-state index < -0.39 is 0 Å². The molecule has 2 heterocycles. The average molecular weight is 395 g/mol. The molecule has 140 valence electrons. The molecule has 1 aromatic carbocycles. The Bertz CT molecular complexity index is 729. The van der Waals surface area contributed by atoms with Gasteiger partial charge in [-0.25, -0.2) is 0 Å². The maximum absolute atomic E-state index is 12.2. The smallest absolute Gasteiger partial charge is 0.234 e. The molecule has 0 aliphatic carbocycles. The average Bonchev–Trinajstić information content (AvgIpc) is 3.27. The van der Waals surface area contributed by atoms with E-state index in [0.29, 0.717) is 5.02 Å². The summed E-state index contributed by atoms with van der Waals surface area (Å²) >= 11 is 7.26. The topological polar surface area (TPSA) is 69.0 Å². The van der Waals surface area contributed by atoms with Gasteiger partial charge >= 0.3 is 0 Å². The molecule has 1 aromatic heterocycles. The molecule has 1 atom stereocenters. The van der Waals surface area contributed by atoms with Gasteiger partial charge in [-0.15, -0.1) is 10.2 Å². The number of halogens is 1. The van der Waals surface area contributed by atoms with Crippen LogP contribution in [0.1, 0.15) is 32.0 Å². The number of rotatable bonds is 8. The van der Waals surface area contributed by atoms with Crippen LogP contribution >= 0.6 is 23.4 Å². The first-order valence-corrected chi connectivity index (χ1v) is 10.2. The lowest BCUT2D eigenvalue weighted by Gasteiger charge is -2.14. The van der Waals surface area contributed by atoms with Crippen molar-refractivity contribution in [3.05, 3.63) is 35.1 Å². The molecule has 3 rings (SSSR count). The number of aromatic nitrogens is 3. The number of benzene rings is 1. The third-order valence-corrected chi connectivity index (χ3v) is 5.36. The quantitative estimate of drug-likeness (QED) is 0.690. The Labute approximate surface area is 162 Å². The van der Waals surface area contributed by atoms with Crippen molar-refractivity contribution in [2.75, 3.05) is 17.7 Å². The predicted molar refractivity (Wildman–Crippen MR) is 104 cm³/mol. The molecule has 1 aliphatic rings. The maximum atomic E-state index is 12.2. The minimum Gasteiger partial charge on any atom is -0.376 e. The monoisotopic (exact) mass is 394 g/mol. The Morgan fingerprint density at radius 2 is 2.19 bits per heavy atom. The molecule has 6 nitrogen and oxygen atoms in total. The van der Waals surface area contributed by atoms with Gasteiger partial charge in [-0.2, -0.15) is 0 Å². The number of anilines is 1. The third-order valence-electron chi connectivity index (χ3n) is 4.14. The summed E-state index contributed by atoms with van der Waals surface area (Å²) in [5.41, 5.74) is 0.729. The van der Waals surface area contributed by atoms with Gasteiger partial charge in [0.15, 0.2) is 5.16 Å². The summed E-state index contributed by atoms with van der Waals surface area (Å²) in [7, 11) is 0. The van der Waals surface area contributed by atoms with E-state index >= 15 is 0 Å². The van der Waals surface area contributed by atoms with Gasteiger partial charge in [-0.05, 0) is 43.5 Å². The number of hydrogen-bond donors (Lipinski definition) is 1. The number of ether oxygens (including phenoxy) is 1. The van der Waals surface area contributed by atoms with E-state index in [-0.39, 0.29) is 17.8 Å². The Morgan fingerprint density at radius 1 is 1.38 bits per heavy atom. The Balaban J connectivity index is 1.60. The molecule has 1 N–H and O–H groups in total. The van der Waals surface area contributed by atoms with Gasteiger partial charge in [0, 0.05) is 23.7 Å². The number of nitrogens with one attached hydrogen (secondary N) is 1. The van der Waals surface area contributed by atoms with Crippen molar-refractivity contribution in [2.24, 2.45) is 0 Å². The first-order valence-electron chi connectivity index (χ1n) is 8.87. The molecule has 1 aliphatic heterocycles. The summed E-state index contributed by atoms with van der Waals surface area (Å²) in [6, 6.07) is 7.06. The van der Waals surface area contributed by atoms with E-state index in [1.165, 1.54) is 11.8 Å². The zero-order chi connectivity index (χ0) is 18.4. The zero-order valence-electron chi connectivity index (χ0n) is 14.8. The maximum Gasteiger partial charge on any atom is 0.234 e. The third kappa shape index (κ3) is 5.22. The normalized spacial score (nSPS) is 16.8. The van der Waals surface area contributed by atoms with Crippen LogP contribution in [0.25, 0.3) is 0 Å². The molecule has 1 fully saturated rings. The minimum absolute atomic E-state index is 0.0824. The lowest BCUT2D eigenvalue weighted by molar-refractivity contribution is -0.113. The van der Waals surface area contributed by atoms with Crippen LogP contribution in [0.15, 0.2) is 29.4 Å². The standard InChI is InChI=1S/C18H23ClN4O2S/c1-2-4-16-21-22-18(23(16)11-15-5-3-10-25-15)26-12-17(24)20-14-8-6-13(19)7-9-14/h6-9,15H,2-5,10-12H2,1H3,(H,20,24). The molecule has 0 spiro atoms. The van der Waals surface area contributed by atoms with Crippen LogP contribution in [0.3, 0.4) is 0 Å². The summed E-state index contributed by atoms with van der Waals surface area (Å²) in [6.07, 6.45) is 4.25. The molecule has 1 saturated heterocycles. The van der Waals surface area contributed by atoms with Crippen molar-refractivity contribution in [3.8, 4) is 0 Å². The van der Waals surface area contributed by atoms with Crippen LogP contribution in [-0.4, -0.2) is 39.1 Å². The fourth-order valence-electron chi connectivity index (χ4n) is 2.87. The van der Waals surface area contributed by atoms with E-state index in [1.54, 1.807) is 24.3 Å². The van der Waals surface area contributed by atoms with Gasteiger partial charge < -0.3 is 14.6 Å². The summed E-state index contributed by atoms with van der Waals surface area (Å²) in [4.78, 5) is 12.2. The van der Waals surface area contributed by atoms with Crippen LogP contribution in [0.2, 0.25) is 5.02 Å². The lowest BCUT2D eigenvalue weighted by Crippen LogP contribution is -2.19. The van der Waals surface area contributed by atoms with E-state index in [1.807, 2.05) is 0 Å². The largest absolute Gasteiger partial charge is 0.376 e. The summed E-state index contributed by atoms with van der Waals surface area (Å²) in [5, 5.41) is 12.9. The van der Waals surface area contributed by atoms with Crippen LogP contribution < -0.4 is 5.32 Å². The van der Waals surface area contributed by atoms with Gasteiger partial charge in [-0.1, -0.05) is 30.3 Å². The van der Waals surface area contributed by atoms with Gasteiger partial charge in [0.1, 0.15) is 5.82 Å². The number of aryl methyl sites for hydroxylation is 1. The molecule has 1 amide bonds. The highest BCUT2D eigenvalue weighted by atomic mass is 35.5. The summed E-state index contributed by atoms with van der Waals surface area (Å²) < 4.78 is 7.86. The van der Waals surface area contributed by atoms with Crippen molar-refractivity contribution < 1.29 is 9.53 Å². The highest BCUT2D eigenvalue weighted by molar-refractivity contribution is 7.99. The number of thioether (sulfide) groups is 1. The first-order chi connectivity index (χ1) is 12.7. The van der Waals surface area contributed by atoms with Crippen molar-refractivity contribution >= 4 is 35.0 Å². The van der Waals surface area contributed by atoms with Gasteiger partial charge in [0.2, 0.25) is 5.91 Å². The fraction of sp³-hybridized carbons (Fsp3) is 0.500. The van der Waals surface area contributed by atoms with E-state index in [4.69, 9.17) is 16.3 Å². The minimum atomic E-state index is -0.0824. The second-order valence-electron chi connectivity index (χ2n) is 6.24. The van der Waals surface area contributed by atoms with Crippen molar-refractivity contribution in [1.82, 2.24) is 14.8 Å². The van der Waals surface area contributed by atoms with Crippen molar-refractivity contribution in [2.45, 2.75) is 50.4 Å². The number of nitrogens with zero attached hydrogens (tertiary/aromatic N) is 3. The lowest BCUT2D eigenvalue weighted by atomic mass is 10.2. The second-order valence-corrected chi connectivity index (χ2v) is 7.62. The Hall–Kier alpha value is -1.57. The molecule has 0 saturated carbocycles. The molecule has 1 unspecified atom stereocenters. The molecular weight excluding hydrogens is 372 g/mol. The zero-order valence-corrected chi connectivity index (χ0v) is 16.4. The SMILES string of the molecule is CCCc1nnc(SCC(=O)Nc2ccc(Cl)cc2)n1CC1CCCO1. The van der Waals surface area contributed by atoms with Gasteiger partial charge in [-0.3, -0.25) is 4.79 Å². The highest BCUT2D eigenvalue weighted by Gasteiger charge is 2.21. The van der Waals surface area contributed by atoms with Crippen molar-refractivity contribution in [1.29, 1.82) is 0 Å². The van der Waals surface area contributed by atoms with Crippen LogP contribution in [0.5, 0.6) is 0 Å².